The molecule has 2 atom stereocenters. The molecule has 0 amide bonds. The molecule has 108 valence electrons. The van der Waals surface area contributed by atoms with Crippen LogP contribution in [0.15, 0.2) is 24.3 Å². The highest BCUT2D eigenvalue weighted by Crippen LogP contribution is 2.36. The summed E-state index contributed by atoms with van der Waals surface area (Å²) in [5.74, 6) is 1.06. The van der Waals surface area contributed by atoms with E-state index in [-0.39, 0.29) is 5.54 Å². The molecule has 1 aliphatic carbocycles. The van der Waals surface area contributed by atoms with E-state index in [1.54, 1.807) is 0 Å². The zero-order valence-electron chi connectivity index (χ0n) is 12.5. The van der Waals surface area contributed by atoms with Gasteiger partial charge in [0.05, 0.1) is 6.07 Å². The second kappa shape index (κ2) is 7.15. The van der Waals surface area contributed by atoms with Gasteiger partial charge in [0.2, 0.25) is 0 Å². The summed E-state index contributed by atoms with van der Waals surface area (Å²) in [6, 6.07) is 11.1. The Morgan fingerprint density at radius 3 is 2.95 bits per heavy atom. The minimum absolute atomic E-state index is 0.281. The number of nitrogens with one attached hydrogen (secondary N) is 1. The lowest BCUT2D eigenvalue weighted by atomic mass is 9.82. The molecule has 0 heterocycles. The summed E-state index contributed by atoms with van der Waals surface area (Å²) in [7, 11) is 0. The van der Waals surface area contributed by atoms with Gasteiger partial charge in [-0.25, -0.2) is 0 Å². The molecule has 1 fully saturated rings. The Hall–Kier alpha value is -0.980. The predicted molar refractivity (Wildman–Crippen MR) is 86.8 cm³/mol. The number of hydrogen-bond acceptors (Lipinski definition) is 3. The van der Waals surface area contributed by atoms with Crippen molar-refractivity contribution in [1.82, 2.24) is 5.32 Å². The van der Waals surface area contributed by atoms with Crippen LogP contribution in [0.3, 0.4) is 0 Å². The summed E-state index contributed by atoms with van der Waals surface area (Å²) >= 11 is 2.02. The van der Waals surface area contributed by atoms with Crippen molar-refractivity contribution in [2.24, 2.45) is 0 Å². The molecule has 0 saturated heterocycles. The second-order valence-electron chi connectivity index (χ2n) is 5.68. The van der Waals surface area contributed by atoms with Crippen LogP contribution in [0.5, 0.6) is 0 Å². The number of benzene rings is 1. The normalized spacial score (nSPS) is 26.1. The SMILES string of the molecule is CCNC1(C#N)CCCC(SCc2ccccc2C)C1. The van der Waals surface area contributed by atoms with Crippen molar-refractivity contribution >= 4 is 11.8 Å². The van der Waals surface area contributed by atoms with E-state index >= 15 is 0 Å². The molecule has 2 unspecified atom stereocenters. The first-order chi connectivity index (χ1) is 9.69. The zero-order chi connectivity index (χ0) is 14.4. The van der Waals surface area contributed by atoms with Crippen molar-refractivity contribution < 1.29 is 0 Å². The summed E-state index contributed by atoms with van der Waals surface area (Å²) in [5, 5.41) is 13.5. The summed E-state index contributed by atoms with van der Waals surface area (Å²) in [4.78, 5) is 0. The summed E-state index contributed by atoms with van der Waals surface area (Å²) in [6.45, 7) is 5.14. The van der Waals surface area contributed by atoms with Crippen LogP contribution in [-0.2, 0) is 5.75 Å². The molecule has 0 bridgehead atoms. The highest BCUT2D eigenvalue weighted by molar-refractivity contribution is 7.99. The molecule has 1 aromatic carbocycles. The van der Waals surface area contributed by atoms with E-state index in [0.717, 1.165) is 31.6 Å². The average Bonchev–Trinajstić information content (AvgIpc) is 2.47. The van der Waals surface area contributed by atoms with Gasteiger partial charge in [-0.3, -0.25) is 5.32 Å². The predicted octanol–water partition coefficient (Wildman–Crippen LogP) is 4.04. The third-order valence-electron chi connectivity index (χ3n) is 4.17. The van der Waals surface area contributed by atoms with E-state index in [0.29, 0.717) is 5.25 Å². The Kier molecular flexibility index (Phi) is 5.51. The third-order valence-corrected chi connectivity index (χ3v) is 5.52. The fraction of sp³-hybridized carbons (Fsp3) is 0.588. The molecule has 0 aliphatic heterocycles. The van der Waals surface area contributed by atoms with E-state index in [4.69, 9.17) is 0 Å². The van der Waals surface area contributed by atoms with Crippen molar-refractivity contribution in [1.29, 1.82) is 5.26 Å². The Labute approximate surface area is 127 Å². The van der Waals surface area contributed by atoms with E-state index < -0.39 is 0 Å². The molecule has 1 aliphatic rings. The highest BCUT2D eigenvalue weighted by atomic mass is 32.2. The Balaban J connectivity index is 1.94. The van der Waals surface area contributed by atoms with Gasteiger partial charge >= 0.3 is 0 Å². The van der Waals surface area contributed by atoms with Crippen LogP contribution in [0.25, 0.3) is 0 Å². The molecule has 1 N–H and O–H groups in total. The van der Waals surface area contributed by atoms with Gasteiger partial charge in [-0.1, -0.05) is 31.2 Å². The van der Waals surface area contributed by atoms with E-state index in [1.807, 2.05) is 11.8 Å². The largest absolute Gasteiger partial charge is 0.300 e. The number of nitriles is 1. The fourth-order valence-electron chi connectivity index (χ4n) is 2.99. The molecule has 2 rings (SSSR count). The first-order valence-corrected chi connectivity index (χ1v) is 8.56. The first-order valence-electron chi connectivity index (χ1n) is 7.51. The molecule has 0 radical (unpaired) electrons. The van der Waals surface area contributed by atoms with Gasteiger partial charge in [-0.2, -0.15) is 17.0 Å². The van der Waals surface area contributed by atoms with Gasteiger partial charge in [0.15, 0.2) is 0 Å². The molecule has 20 heavy (non-hydrogen) atoms. The lowest BCUT2D eigenvalue weighted by Crippen LogP contribution is -2.48. The van der Waals surface area contributed by atoms with Crippen molar-refractivity contribution in [3.8, 4) is 6.07 Å². The van der Waals surface area contributed by atoms with Crippen molar-refractivity contribution in [2.45, 2.75) is 56.1 Å². The number of rotatable bonds is 5. The van der Waals surface area contributed by atoms with Crippen molar-refractivity contribution in [3.05, 3.63) is 35.4 Å². The topological polar surface area (TPSA) is 35.8 Å². The maximum absolute atomic E-state index is 9.50. The van der Waals surface area contributed by atoms with Crippen molar-refractivity contribution in [2.75, 3.05) is 6.54 Å². The smallest absolute Gasteiger partial charge is 0.107 e. The number of thioether (sulfide) groups is 1. The first kappa shape index (κ1) is 15.4. The van der Waals surface area contributed by atoms with Crippen LogP contribution < -0.4 is 5.32 Å². The Morgan fingerprint density at radius 1 is 1.45 bits per heavy atom. The van der Waals surface area contributed by atoms with Gasteiger partial charge in [0.1, 0.15) is 5.54 Å². The zero-order valence-corrected chi connectivity index (χ0v) is 13.3. The number of aryl methyl sites for hydroxylation is 1. The third kappa shape index (κ3) is 3.77. The molecule has 3 heteroatoms. The van der Waals surface area contributed by atoms with Gasteiger partial charge in [0.25, 0.3) is 0 Å². The quantitative estimate of drug-likeness (QED) is 0.888. The molecule has 0 aromatic heterocycles. The number of hydrogen-bond donors (Lipinski definition) is 1. The summed E-state index contributed by atoms with van der Waals surface area (Å²) < 4.78 is 0. The van der Waals surface area contributed by atoms with Crippen LogP contribution in [0, 0.1) is 18.3 Å². The lowest BCUT2D eigenvalue weighted by Gasteiger charge is -2.36. The van der Waals surface area contributed by atoms with Crippen molar-refractivity contribution in [3.63, 3.8) is 0 Å². The van der Waals surface area contributed by atoms with Gasteiger partial charge in [0, 0.05) is 11.0 Å². The minimum atomic E-state index is -0.281. The average molecular weight is 288 g/mol. The molecule has 2 nitrogen and oxygen atoms in total. The summed E-state index contributed by atoms with van der Waals surface area (Å²) in [6.07, 6.45) is 4.38. The van der Waals surface area contributed by atoms with Gasteiger partial charge in [-0.05, 0) is 50.3 Å². The molecule has 0 spiro atoms. The molecule has 1 saturated carbocycles. The maximum Gasteiger partial charge on any atom is 0.107 e. The Bertz CT molecular complexity index is 476. The van der Waals surface area contributed by atoms with Gasteiger partial charge < -0.3 is 0 Å². The molecular weight excluding hydrogens is 264 g/mol. The summed E-state index contributed by atoms with van der Waals surface area (Å²) in [5.41, 5.74) is 2.51. The van der Waals surface area contributed by atoms with E-state index in [1.165, 1.54) is 17.5 Å². The standard InChI is InChI=1S/C17H24N2S/c1-3-19-17(13-18)10-6-9-16(11-17)20-12-15-8-5-4-7-14(15)2/h4-5,7-8,16,19H,3,6,9-12H2,1-2H3. The van der Waals surface area contributed by atoms with Crippen LogP contribution in [0.2, 0.25) is 0 Å². The Morgan fingerprint density at radius 2 is 2.25 bits per heavy atom. The van der Waals surface area contributed by atoms with E-state index in [9.17, 15) is 5.26 Å². The molecule has 1 aromatic rings. The second-order valence-corrected chi connectivity index (χ2v) is 6.97. The van der Waals surface area contributed by atoms with Crippen LogP contribution in [0.1, 0.15) is 43.7 Å². The fourth-order valence-corrected chi connectivity index (χ4v) is 4.46. The maximum atomic E-state index is 9.50. The molecular formula is C17H24N2S. The monoisotopic (exact) mass is 288 g/mol. The minimum Gasteiger partial charge on any atom is -0.300 e. The lowest BCUT2D eigenvalue weighted by molar-refractivity contribution is 0.309. The number of nitrogens with zero attached hydrogens (tertiary/aromatic N) is 1. The van der Waals surface area contributed by atoms with Crippen LogP contribution in [0.4, 0.5) is 0 Å². The van der Waals surface area contributed by atoms with Crippen LogP contribution in [-0.4, -0.2) is 17.3 Å². The highest BCUT2D eigenvalue weighted by Gasteiger charge is 2.35. The van der Waals surface area contributed by atoms with E-state index in [2.05, 4.69) is 49.5 Å². The van der Waals surface area contributed by atoms with Gasteiger partial charge in [-0.15, -0.1) is 0 Å². The van der Waals surface area contributed by atoms with Crippen LogP contribution >= 0.6 is 11.8 Å².